The summed E-state index contributed by atoms with van der Waals surface area (Å²) < 4.78 is 18.2. The predicted octanol–water partition coefficient (Wildman–Crippen LogP) is 3.05. The van der Waals surface area contributed by atoms with E-state index in [1.54, 1.807) is 19.2 Å². The summed E-state index contributed by atoms with van der Waals surface area (Å²) in [5, 5.41) is 3.03. The smallest absolute Gasteiger partial charge is 0.224 e. The first-order chi connectivity index (χ1) is 10.7. The van der Waals surface area contributed by atoms with E-state index >= 15 is 0 Å². The van der Waals surface area contributed by atoms with Crippen molar-refractivity contribution in [2.75, 3.05) is 7.11 Å². The lowest BCUT2D eigenvalue weighted by Gasteiger charge is -2.08. The first-order valence-electron chi connectivity index (χ1n) is 7.34. The van der Waals surface area contributed by atoms with E-state index in [1.165, 1.54) is 12.1 Å². The van der Waals surface area contributed by atoms with E-state index in [0.717, 1.165) is 23.3 Å². The molecule has 1 fully saturated rings. The molecule has 0 spiro atoms. The van der Waals surface area contributed by atoms with Crippen molar-refractivity contribution in [2.45, 2.75) is 24.8 Å². The Morgan fingerprint density at radius 3 is 2.68 bits per heavy atom. The number of ether oxygens (including phenoxy) is 1. The Labute approximate surface area is 129 Å². The summed E-state index contributed by atoms with van der Waals surface area (Å²) >= 11 is 0. The monoisotopic (exact) mass is 299 g/mol. The van der Waals surface area contributed by atoms with Crippen LogP contribution in [0.1, 0.15) is 23.5 Å². The molecule has 0 radical (unpaired) electrons. The predicted molar refractivity (Wildman–Crippen MR) is 82.4 cm³/mol. The van der Waals surface area contributed by atoms with Gasteiger partial charge in [0.15, 0.2) is 0 Å². The number of para-hydroxylation sites is 1. The third-order valence-corrected chi connectivity index (χ3v) is 3.95. The third-order valence-electron chi connectivity index (χ3n) is 3.95. The number of halogens is 1. The van der Waals surface area contributed by atoms with E-state index in [2.05, 4.69) is 5.32 Å². The molecule has 2 aromatic carbocycles. The van der Waals surface area contributed by atoms with Crippen LogP contribution in [0.3, 0.4) is 0 Å². The molecule has 1 saturated carbocycles. The van der Waals surface area contributed by atoms with Gasteiger partial charge in [-0.25, -0.2) is 4.39 Å². The minimum absolute atomic E-state index is 0.0333. The Bertz CT molecular complexity index is 669. The zero-order valence-corrected chi connectivity index (χ0v) is 12.4. The number of benzene rings is 2. The number of carbonyl (C=O) groups is 1. The summed E-state index contributed by atoms with van der Waals surface area (Å²) in [5.74, 6) is 0.854. The molecule has 0 unspecified atom stereocenters. The molecule has 0 heterocycles. The van der Waals surface area contributed by atoms with E-state index in [-0.39, 0.29) is 24.2 Å². The Balaban J connectivity index is 1.57. The van der Waals surface area contributed by atoms with Gasteiger partial charge in [-0.2, -0.15) is 0 Å². The number of rotatable bonds is 5. The molecule has 22 heavy (non-hydrogen) atoms. The van der Waals surface area contributed by atoms with Gasteiger partial charge in [0.1, 0.15) is 11.6 Å². The van der Waals surface area contributed by atoms with Crippen LogP contribution in [0, 0.1) is 5.82 Å². The zero-order valence-electron chi connectivity index (χ0n) is 12.4. The summed E-state index contributed by atoms with van der Waals surface area (Å²) in [7, 11) is 1.66. The number of hydrogen-bond acceptors (Lipinski definition) is 2. The molecule has 0 aliphatic heterocycles. The van der Waals surface area contributed by atoms with E-state index in [4.69, 9.17) is 4.74 Å². The molecule has 1 aliphatic rings. The van der Waals surface area contributed by atoms with Gasteiger partial charge in [-0.05, 0) is 35.7 Å². The maximum Gasteiger partial charge on any atom is 0.224 e. The van der Waals surface area contributed by atoms with E-state index in [1.807, 2.05) is 24.3 Å². The van der Waals surface area contributed by atoms with Crippen molar-refractivity contribution in [3.63, 3.8) is 0 Å². The first-order valence-corrected chi connectivity index (χ1v) is 7.34. The largest absolute Gasteiger partial charge is 0.496 e. The van der Waals surface area contributed by atoms with E-state index in [0.29, 0.717) is 5.92 Å². The summed E-state index contributed by atoms with van der Waals surface area (Å²) in [4.78, 5) is 12.0. The van der Waals surface area contributed by atoms with Crippen molar-refractivity contribution in [1.29, 1.82) is 0 Å². The SMILES string of the molecule is COc1ccccc1[C@@H]1C[C@H]1NC(=O)Cc1ccc(F)cc1. The van der Waals surface area contributed by atoms with Gasteiger partial charge >= 0.3 is 0 Å². The van der Waals surface area contributed by atoms with Crippen LogP contribution in [0.2, 0.25) is 0 Å². The molecular weight excluding hydrogens is 281 g/mol. The Hall–Kier alpha value is -2.36. The van der Waals surface area contributed by atoms with Crippen LogP contribution in [0.15, 0.2) is 48.5 Å². The molecule has 2 atom stereocenters. The fourth-order valence-corrected chi connectivity index (χ4v) is 2.72. The summed E-state index contributed by atoms with van der Waals surface area (Å²) in [6.45, 7) is 0. The molecule has 2 aromatic rings. The van der Waals surface area contributed by atoms with Crippen LogP contribution in [-0.2, 0) is 11.2 Å². The molecule has 0 saturated heterocycles. The number of nitrogens with one attached hydrogen (secondary N) is 1. The average Bonchev–Trinajstić information content (AvgIpc) is 3.28. The van der Waals surface area contributed by atoms with Gasteiger partial charge in [0, 0.05) is 12.0 Å². The molecule has 0 bridgehead atoms. The van der Waals surface area contributed by atoms with Gasteiger partial charge in [0.2, 0.25) is 5.91 Å². The van der Waals surface area contributed by atoms with E-state index in [9.17, 15) is 9.18 Å². The summed E-state index contributed by atoms with van der Waals surface area (Å²) in [5.41, 5.74) is 1.95. The third kappa shape index (κ3) is 3.27. The number of methoxy groups -OCH3 is 1. The van der Waals surface area contributed by atoms with E-state index < -0.39 is 0 Å². The van der Waals surface area contributed by atoms with Crippen molar-refractivity contribution < 1.29 is 13.9 Å². The number of amides is 1. The second kappa shape index (κ2) is 6.18. The molecule has 1 aliphatic carbocycles. The van der Waals surface area contributed by atoms with Crippen molar-refractivity contribution >= 4 is 5.91 Å². The van der Waals surface area contributed by atoms with Gasteiger partial charge in [-0.1, -0.05) is 30.3 Å². The zero-order chi connectivity index (χ0) is 15.5. The van der Waals surface area contributed by atoms with Crippen molar-refractivity contribution in [3.8, 4) is 5.75 Å². The van der Waals surface area contributed by atoms with Crippen LogP contribution in [0.4, 0.5) is 4.39 Å². The average molecular weight is 299 g/mol. The Morgan fingerprint density at radius 1 is 1.23 bits per heavy atom. The minimum atomic E-state index is -0.289. The summed E-state index contributed by atoms with van der Waals surface area (Å²) in [6, 6.07) is 14.1. The molecule has 1 amide bonds. The molecule has 0 aromatic heterocycles. The Morgan fingerprint density at radius 2 is 1.95 bits per heavy atom. The van der Waals surface area contributed by atoms with Crippen LogP contribution in [0.25, 0.3) is 0 Å². The highest BCUT2D eigenvalue weighted by Crippen LogP contribution is 2.44. The maximum absolute atomic E-state index is 12.8. The van der Waals surface area contributed by atoms with Crippen LogP contribution in [-0.4, -0.2) is 19.1 Å². The highest BCUT2D eigenvalue weighted by Gasteiger charge is 2.40. The quantitative estimate of drug-likeness (QED) is 0.921. The molecule has 3 nitrogen and oxygen atoms in total. The van der Waals surface area contributed by atoms with Crippen LogP contribution < -0.4 is 10.1 Å². The van der Waals surface area contributed by atoms with Gasteiger partial charge < -0.3 is 10.1 Å². The second-order valence-electron chi connectivity index (χ2n) is 5.56. The summed E-state index contributed by atoms with van der Waals surface area (Å²) in [6.07, 6.45) is 1.20. The Kier molecular flexibility index (Phi) is 4.09. The lowest BCUT2D eigenvalue weighted by atomic mass is 10.1. The normalized spacial score (nSPS) is 19.5. The van der Waals surface area contributed by atoms with Crippen LogP contribution in [0.5, 0.6) is 5.75 Å². The maximum atomic E-state index is 12.8. The molecule has 1 N–H and O–H groups in total. The van der Waals surface area contributed by atoms with Crippen molar-refractivity contribution in [2.24, 2.45) is 0 Å². The van der Waals surface area contributed by atoms with Gasteiger partial charge in [0.05, 0.1) is 13.5 Å². The fraction of sp³-hybridized carbons (Fsp3) is 0.278. The lowest BCUT2D eigenvalue weighted by Crippen LogP contribution is -2.28. The second-order valence-corrected chi connectivity index (χ2v) is 5.56. The van der Waals surface area contributed by atoms with Crippen molar-refractivity contribution in [3.05, 3.63) is 65.5 Å². The van der Waals surface area contributed by atoms with Gasteiger partial charge in [0.25, 0.3) is 0 Å². The molecule has 114 valence electrons. The van der Waals surface area contributed by atoms with Crippen molar-refractivity contribution in [1.82, 2.24) is 5.32 Å². The highest BCUT2D eigenvalue weighted by atomic mass is 19.1. The lowest BCUT2D eigenvalue weighted by molar-refractivity contribution is -0.120. The van der Waals surface area contributed by atoms with Gasteiger partial charge in [-0.3, -0.25) is 4.79 Å². The van der Waals surface area contributed by atoms with Gasteiger partial charge in [-0.15, -0.1) is 0 Å². The minimum Gasteiger partial charge on any atom is -0.496 e. The first kappa shape index (κ1) is 14.6. The fourth-order valence-electron chi connectivity index (χ4n) is 2.72. The van der Waals surface area contributed by atoms with Crippen LogP contribution >= 0.6 is 0 Å². The number of carbonyl (C=O) groups excluding carboxylic acids is 1. The molecular formula is C18H18FNO2. The topological polar surface area (TPSA) is 38.3 Å². The molecule has 4 heteroatoms. The molecule has 3 rings (SSSR count). The highest BCUT2D eigenvalue weighted by molar-refractivity contribution is 5.79. The number of hydrogen-bond donors (Lipinski definition) is 1. The standard InChI is InChI=1S/C18H18FNO2/c1-22-17-5-3-2-4-14(17)15-11-16(15)20-18(21)10-12-6-8-13(19)9-7-12/h2-9,15-16H,10-11H2,1H3,(H,20,21)/t15-,16+/m0/s1.